The summed E-state index contributed by atoms with van der Waals surface area (Å²) in [5, 5.41) is 12.3. The molecule has 0 radical (unpaired) electrons. The molecule has 0 saturated heterocycles. The van der Waals surface area contributed by atoms with Crippen LogP contribution >= 0.6 is 0 Å². The number of hydrogen-bond acceptors (Lipinski definition) is 2. The first-order valence-electron chi connectivity index (χ1n) is 7.63. The van der Waals surface area contributed by atoms with E-state index in [1.165, 1.54) is 0 Å². The van der Waals surface area contributed by atoms with Crippen molar-refractivity contribution in [3.8, 4) is 0 Å². The Morgan fingerprint density at radius 3 is 2.40 bits per heavy atom. The topological polar surface area (TPSA) is 69.6 Å². The first-order valence-corrected chi connectivity index (χ1v) is 7.63. The molecule has 0 bridgehead atoms. The number of rotatable bonds is 6. The summed E-state index contributed by atoms with van der Waals surface area (Å²) in [6.07, 6.45) is 5.32. The predicted molar refractivity (Wildman–Crippen MR) is 78.6 cm³/mol. The van der Waals surface area contributed by atoms with Gasteiger partial charge in [0.2, 0.25) is 0 Å². The maximum atomic E-state index is 12.0. The monoisotopic (exact) mass is 284 g/mol. The first-order chi connectivity index (χ1) is 9.41. The van der Waals surface area contributed by atoms with Gasteiger partial charge in [-0.25, -0.2) is 4.79 Å². The van der Waals surface area contributed by atoms with E-state index in [1.807, 2.05) is 0 Å². The third-order valence-corrected chi connectivity index (χ3v) is 4.47. The lowest BCUT2D eigenvalue weighted by Crippen LogP contribution is -2.48. The molecule has 1 atom stereocenters. The van der Waals surface area contributed by atoms with Gasteiger partial charge in [0.25, 0.3) is 0 Å². The van der Waals surface area contributed by atoms with Crippen LogP contribution in [0.25, 0.3) is 0 Å². The number of hydrogen-bond donors (Lipinski definition) is 2. The lowest BCUT2D eigenvalue weighted by molar-refractivity contribution is -0.150. The number of aliphatic carboxylic acids is 1. The van der Waals surface area contributed by atoms with Crippen LogP contribution in [0.4, 0.5) is 4.79 Å². The normalized spacial score (nSPS) is 19.1. The zero-order chi connectivity index (χ0) is 15.2. The van der Waals surface area contributed by atoms with E-state index >= 15 is 0 Å². The minimum Gasteiger partial charge on any atom is -0.481 e. The lowest BCUT2D eigenvalue weighted by Gasteiger charge is -2.34. The number of carboxylic acid groups (broad SMARTS) is 1. The molecule has 0 aromatic heterocycles. The summed E-state index contributed by atoms with van der Waals surface area (Å²) < 4.78 is 0. The van der Waals surface area contributed by atoms with Crippen LogP contribution < -0.4 is 5.32 Å². The number of carbonyl (C=O) groups excluding carboxylic acids is 1. The Hall–Kier alpha value is -1.26. The van der Waals surface area contributed by atoms with Gasteiger partial charge in [-0.2, -0.15) is 0 Å². The molecule has 1 aliphatic rings. The van der Waals surface area contributed by atoms with Gasteiger partial charge in [-0.1, -0.05) is 39.5 Å². The van der Waals surface area contributed by atoms with E-state index in [2.05, 4.69) is 19.2 Å². The van der Waals surface area contributed by atoms with Gasteiger partial charge in [0, 0.05) is 20.1 Å². The van der Waals surface area contributed by atoms with Gasteiger partial charge in [0.1, 0.15) is 0 Å². The number of urea groups is 1. The summed E-state index contributed by atoms with van der Waals surface area (Å²) in [6.45, 7) is 5.13. The minimum absolute atomic E-state index is 0.170. The van der Waals surface area contributed by atoms with Crippen LogP contribution in [-0.2, 0) is 4.79 Å². The zero-order valence-corrected chi connectivity index (χ0v) is 12.9. The van der Waals surface area contributed by atoms with Crippen molar-refractivity contribution in [2.75, 3.05) is 20.1 Å². The van der Waals surface area contributed by atoms with E-state index in [9.17, 15) is 14.7 Å². The number of carbonyl (C=O) groups is 2. The van der Waals surface area contributed by atoms with Crippen molar-refractivity contribution < 1.29 is 14.7 Å². The van der Waals surface area contributed by atoms with Crippen molar-refractivity contribution in [2.45, 2.75) is 52.4 Å². The molecule has 0 aromatic rings. The number of amides is 2. The van der Waals surface area contributed by atoms with Crippen LogP contribution in [-0.4, -0.2) is 42.1 Å². The molecule has 1 unspecified atom stereocenters. The van der Waals surface area contributed by atoms with Gasteiger partial charge < -0.3 is 15.3 Å². The lowest BCUT2D eigenvalue weighted by atomic mass is 9.74. The summed E-state index contributed by atoms with van der Waals surface area (Å²) in [7, 11) is 1.76. The minimum atomic E-state index is -0.776. The summed E-state index contributed by atoms with van der Waals surface area (Å²) >= 11 is 0. The molecule has 20 heavy (non-hydrogen) atoms. The molecule has 116 valence electrons. The Bertz CT molecular complexity index is 338. The predicted octanol–water partition coefficient (Wildman–Crippen LogP) is 2.71. The van der Waals surface area contributed by atoms with Crippen molar-refractivity contribution in [1.29, 1.82) is 0 Å². The second kappa shape index (κ2) is 7.50. The molecule has 1 fully saturated rings. The van der Waals surface area contributed by atoms with E-state index in [-0.39, 0.29) is 12.6 Å². The third kappa shape index (κ3) is 4.39. The summed E-state index contributed by atoms with van der Waals surface area (Å²) in [6, 6.07) is -0.170. The van der Waals surface area contributed by atoms with Crippen LogP contribution in [0.1, 0.15) is 52.4 Å². The van der Waals surface area contributed by atoms with E-state index in [0.717, 1.165) is 25.7 Å². The average Bonchev–Trinajstić information content (AvgIpc) is 2.45. The SMILES string of the molecule is CCC(C)CN(C)C(=O)NCC1(C(=O)O)CCCCC1. The van der Waals surface area contributed by atoms with Crippen LogP contribution in [0.3, 0.4) is 0 Å². The maximum Gasteiger partial charge on any atom is 0.317 e. The first kappa shape index (κ1) is 16.8. The quantitative estimate of drug-likeness (QED) is 0.788. The average molecular weight is 284 g/mol. The van der Waals surface area contributed by atoms with Crippen LogP contribution in [0.15, 0.2) is 0 Å². The molecule has 5 heteroatoms. The van der Waals surface area contributed by atoms with Gasteiger partial charge in [0.15, 0.2) is 0 Å². The van der Waals surface area contributed by atoms with E-state index in [0.29, 0.717) is 25.3 Å². The van der Waals surface area contributed by atoms with Crippen LogP contribution in [0.2, 0.25) is 0 Å². The molecule has 0 aliphatic heterocycles. The van der Waals surface area contributed by atoms with Gasteiger partial charge >= 0.3 is 12.0 Å². The Labute approximate surface area is 121 Å². The van der Waals surface area contributed by atoms with E-state index in [1.54, 1.807) is 11.9 Å². The third-order valence-electron chi connectivity index (χ3n) is 4.47. The standard InChI is InChI=1S/C15H28N2O3/c1-4-12(2)10-17(3)14(20)16-11-15(13(18)19)8-6-5-7-9-15/h12H,4-11H2,1-3H3,(H,16,20)(H,18,19). The molecule has 1 aliphatic carbocycles. The van der Waals surface area contributed by atoms with Gasteiger partial charge in [0.05, 0.1) is 5.41 Å². The molecule has 2 N–H and O–H groups in total. The summed E-state index contributed by atoms with van der Waals surface area (Å²) in [5.41, 5.74) is -0.759. The smallest absolute Gasteiger partial charge is 0.317 e. The second-order valence-corrected chi connectivity index (χ2v) is 6.20. The van der Waals surface area contributed by atoms with Crippen LogP contribution in [0.5, 0.6) is 0 Å². The number of nitrogens with one attached hydrogen (secondary N) is 1. The highest BCUT2D eigenvalue weighted by Crippen LogP contribution is 2.36. The van der Waals surface area contributed by atoms with Gasteiger partial charge in [-0.3, -0.25) is 4.79 Å². The fourth-order valence-electron chi connectivity index (χ4n) is 2.75. The molecule has 0 heterocycles. The van der Waals surface area contributed by atoms with E-state index < -0.39 is 11.4 Å². The highest BCUT2D eigenvalue weighted by molar-refractivity contribution is 5.78. The fourth-order valence-corrected chi connectivity index (χ4v) is 2.75. The fraction of sp³-hybridized carbons (Fsp3) is 0.867. The molecular formula is C15H28N2O3. The second-order valence-electron chi connectivity index (χ2n) is 6.20. The Morgan fingerprint density at radius 2 is 1.90 bits per heavy atom. The van der Waals surface area contributed by atoms with Gasteiger partial charge in [-0.05, 0) is 18.8 Å². The largest absolute Gasteiger partial charge is 0.481 e. The number of nitrogens with zero attached hydrogens (tertiary/aromatic N) is 1. The number of carboxylic acids is 1. The molecule has 1 rings (SSSR count). The maximum absolute atomic E-state index is 12.0. The molecule has 0 aromatic carbocycles. The zero-order valence-electron chi connectivity index (χ0n) is 12.9. The molecule has 5 nitrogen and oxygen atoms in total. The molecule has 0 spiro atoms. The van der Waals surface area contributed by atoms with Crippen molar-refractivity contribution >= 4 is 12.0 Å². The van der Waals surface area contributed by atoms with E-state index in [4.69, 9.17) is 0 Å². The summed E-state index contributed by atoms with van der Waals surface area (Å²) in [4.78, 5) is 25.2. The van der Waals surface area contributed by atoms with Crippen molar-refractivity contribution in [3.63, 3.8) is 0 Å². The van der Waals surface area contributed by atoms with Crippen LogP contribution in [0, 0.1) is 11.3 Å². The summed E-state index contributed by atoms with van der Waals surface area (Å²) in [5.74, 6) is -0.323. The highest BCUT2D eigenvalue weighted by Gasteiger charge is 2.39. The molecular weight excluding hydrogens is 256 g/mol. The Balaban J connectivity index is 2.50. The Kier molecular flexibility index (Phi) is 6.30. The highest BCUT2D eigenvalue weighted by atomic mass is 16.4. The van der Waals surface area contributed by atoms with Crippen molar-refractivity contribution in [3.05, 3.63) is 0 Å². The Morgan fingerprint density at radius 1 is 1.30 bits per heavy atom. The molecule has 1 saturated carbocycles. The van der Waals surface area contributed by atoms with Crippen molar-refractivity contribution in [2.24, 2.45) is 11.3 Å². The van der Waals surface area contributed by atoms with Gasteiger partial charge in [-0.15, -0.1) is 0 Å². The molecule has 2 amide bonds. The van der Waals surface area contributed by atoms with Crippen molar-refractivity contribution in [1.82, 2.24) is 10.2 Å².